The van der Waals surface area contributed by atoms with Crippen LogP contribution in [0, 0.1) is 5.82 Å². The predicted molar refractivity (Wildman–Crippen MR) is 108 cm³/mol. The lowest BCUT2D eigenvalue weighted by molar-refractivity contribution is 0.0532. The van der Waals surface area contributed by atoms with Gasteiger partial charge < -0.3 is 20.3 Å². The SMILES string of the molecule is CN=C(NCc1ccc(Br)cc1F)NC1CCN(CCOC(C)C)CC1. The molecule has 5 nitrogen and oxygen atoms in total. The van der Waals surface area contributed by atoms with E-state index in [0.717, 1.165) is 43.6 Å². The lowest BCUT2D eigenvalue weighted by atomic mass is 10.1. The summed E-state index contributed by atoms with van der Waals surface area (Å²) >= 11 is 3.27. The van der Waals surface area contributed by atoms with E-state index in [1.807, 2.05) is 6.07 Å². The predicted octanol–water partition coefficient (Wildman–Crippen LogP) is 3.14. The molecule has 1 heterocycles. The quantitative estimate of drug-likeness (QED) is 0.517. The van der Waals surface area contributed by atoms with Gasteiger partial charge in [-0.1, -0.05) is 22.0 Å². The zero-order valence-electron chi connectivity index (χ0n) is 15.9. The molecule has 1 saturated heterocycles. The number of nitrogens with one attached hydrogen (secondary N) is 2. The van der Waals surface area contributed by atoms with Crippen LogP contribution >= 0.6 is 15.9 Å². The Hall–Kier alpha value is -1.18. The van der Waals surface area contributed by atoms with Crippen molar-refractivity contribution in [3.63, 3.8) is 0 Å². The minimum atomic E-state index is -0.223. The first-order valence-electron chi connectivity index (χ1n) is 9.23. The summed E-state index contributed by atoms with van der Waals surface area (Å²) < 4.78 is 20.3. The molecule has 0 saturated carbocycles. The molecule has 0 atom stereocenters. The van der Waals surface area contributed by atoms with Crippen molar-refractivity contribution >= 4 is 21.9 Å². The van der Waals surface area contributed by atoms with E-state index in [1.165, 1.54) is 6.07 Å². The maximum absolute atomic E-state index is 13.9. The standard InChI is InChI=1S/C19H30BrFN4O/c1-14(2)26-11-10-25-8-6-17(7-9-25)24-19(22-3)23-13-15-4-5-16(20)12-18(15)21/h4-5,12,14,17H,6-11,13H2,1-3H3,(H2,22,23,24). The van der Waals surface area contributed by atoms with Crippen molar-refractivity contribution in [1.29, 1.82) is 0 Å². The third-order valence-electron chi connectivity index (χ3n) is 4.47. The number of rotatable bonds is 7. The lowest BCUT2D eigenvalue weighted by Gasteiger charge is -2.33. The summed E-state index contributed by atoms with van der Waals surface area (Å²) in [5.41, 5.74) is 0.621. The van der Waals surface area contributed by atoms with E-state index in [2.05, 4.69) is 50.3 Å². The van der Waals surface area contributed by atoms with Gasteiger partial charge in [0.2, 0.25) is 0 Å². The van der Waals surface area contributed by atoms with Gasteiger partial charge in [0.25, 0.3) is 0 Å². The van der Waals surface area contributed by atoms with Crippen LogP contribution in [-0.2, 0) is 11.3 Å². The Kier molecular flexibility index (Phi) is 8.81. The van der Waals surface area contributed by atoms with Crippen LogP contribution in [0.2, 0.25) is 0 Å². The summed E-state index contributed by atoms with van der Waals surface area (Å²) in [5.74, 6) is 0.494. The molecule has 1 aromatic carbocycles. The molecule has 0 unspecified atom stereocenters. The molecule has 0 spiro atoms. The van der Waals surface area contributed by atoms with Crippen molar-refractivity contribution in [3.8, 4) is 0 Å². The maximum atomic E-state index is 13.9. The molecular formula is C19H30BrFN4O. The summed E-state index contributed by atoms with van der Waals surface area (Å²) in [6.45, 7) is 8.42. The number of aliphatic imine (C=N–C) groups is 1. The second-order valence-electron chi connectivity index (χ2n) is 6.84. The summed E-state index contributed by atoms with van der Waals surface area (Å²) in [6.07, 6.45) is 2.42. The second-order valence-corrected chi connectivity index (χ2v) is 7.76. The topological polar surface area (TPSA) is 48.9 Å². The summed E-state index contributed by atoms with van der Waals surface area (Å²) in [4.78, 5) is 6.70. The van der Waals surface area contributed by atoms with Gasteiger partial charge >= 0.3 is 0 Å². The highest BCUT2D eigenvalue weighted by Gasteiger charge is 2.19. The van der Waals surface area contributed by atoms with Crippen molar-refractivity contribution in [2.45, 2.75) is 45.4 Å². The van der Waals surface area contributed by atoms with Crippen LogP contribution in [0.1, 0.15) is 32.3 Å². The van der Waals surface area contributed by atoms with Crippen molar-refractivity contribution in [2.24, 2.45) is 4.99 Å². The average molecular weight is 429 g/mol. The Labute approximate surface area is 164 Å². The number of guanidine groups is 1. The van der Waals surface area contributed by atoms with Gasteiger partial charge in [-0.15, -0.1) is 0 Å². The van der Waals surface area contributed by atoms with Crippen molar-refractivity contribution in [1.82, 2.24) is 15.5 Å². The number of ether oxygens (including phenoxy) is 1. The molecule has 0 amide bonds. The Balaban J connectivity index is 1.72. The second kappa shape index (κ2) is 10.8. The highest BCUT2D eigenvalue weighted by atomic mass is 79.9. The Morgan fingerprint density at radius 1 is 1.38 bits per heavy atom. The molecule has 26 heavy (non-hydrogen) atoms. The minimum absolute atomic E-state index is 0.223. The maximum Gasteiger partial charge on any atom is 0.191 e. The van der Waals surface area contributed by atoms with Crippen LogP contribution in [-0.4, -0.2) is 56.3 Å². The number of likely N-dealkylation sites (tertiary alicyclic amines) is 1. The first kappa shape index (κ1) is 21.1. The molecule has 0 bridgehead atoms. The molecule has 1 aliphatic rings. The molecule has 146 valence electrons. The Bertz CT molecular complexity index is 589. The fourth-order valence-corrected chi connectivity index (χ4v) is 3.28. The lowest BCUT2D eigenvalue weighted by Crippen LogP contribution is -2.49. The zero-order chi connectivity index (χ0) is 18.9. The summed E-state index contributed by atoms with van der Waals surface area (Å²) in [5, 5.41) is 6.65. The number of halogens is 2. The van der Waals surface area contributed by atoms with Gasteiger partial charge in [-0.05, 0) is 38.8 Å². The highest BCUT2D eigenvalue weighted by molar-refractivity contribution is 9.10. The number of nitrogens with zero attached hydrogens (tertiary/aromatic N) is 2. The van der Waals surface area contributed by atoms with E-state index in [4.69, 9.17) is 4.74 Å². The van der Waals surface area contributed by atoms with Gasteiger partial charge in [0, 0.05) is 49.3 Å². The smallest absolute Gasteiger partial charge is 0.191 e. The normalized spacial score (nSPS) is 16.9. The summed E-state index contributed by atoms with van der Waals surface area (Å²) in [6, 6.07) is 5.48. The van der Waals surface area contributed by atoms with Gasteiger partial charge in [-0.25, -0.2) is 4.39 Å². The minimum Gasteiger partial charge on any atom is -0.377 e. The first-order valence-corrected chi connectivity index (χ1v) is 10.0. The first-order chi connectivity index (χ1) is 12.5. The van der Waals surface area contributed by atoms with E-state index >= 15 is 0 Å². The molecule has 0 radical (unpaired) electrons. The van der Waals surface area contributed by atoms with E-state index < -0.39 is 0 Å². The van der Waals surface area contributed by atoms with Crippen LogP contribution in [0.4, 0.5) is 4.39 Å². The monoisotopic (exact) mass is 428 g/mol. The molecule has 2 rings (SSSR count). The van der Waals surface area contributed by atoms with Gasteiger partial charge in [0.15, 0.2) is 5.96 Å². The van der Waals surface area contributed by atoms with E-state index in [-0.39, 0.29) is 5.82 Å². The van der Waals surface area contributed by atoms with Crippen LogP contribution in [0.5, 0.6) is 0 Å². The van der Waals surface area contributed by atoms with Crippen molar-refractivity contribution < 1.29 is 9.13 Å². The third kappa shape index (κ3) is 7.21. The van der Waals surface area contributed by atoms with Crippen molar-refractivity contribution in [2.75, 3.05) is 33.3 Å². The molecule has 1 aromatic rings. The fourth-order valence-electron chi connectivity index (χ4n) is 2.95. The van der Waals surface area contributed by atoms with E-state index in [1.54, 1.807) is 13.1 Å². The average Bonchev–Trinajstić information content (AvgIpc) is 2.61. The molecular weight excluding hydrogens is 399 g/mol. The van der Waals surface area contributed by atoms with Gasteiger partial charge in [0.1, 0.15) is 5.82 Å². The van der Waals surface area contributed by atoms with Crippen LogP contribution in [0.15, 0.2) is 27.7 Å². The summed E-state index contributed by atoms with van der Waals surface area (Å²) in [7, 11) is 1.74. The van der Waals surface area contributed by atoms with Gasteiger partial charge in [-0.2, -0.15) is 0 Å². The molecule has 1 aliphatic heterocycles. The molecule has 7 heteroatoms. The molecule has 1 fully saturated rings. The van der Waals surface area contributed by atoms with Gasteiger partial charge in [0.05, 0.1) is 12.7 Å². The molecule has 0 aromatic heterocycles. The number of benzene rings is 1. The van der Waals surface area contributed by atoms with E-state index in [9.17, 15) is 4.39 Å². The van der Waals surface area contributed by atoms with Crippen LogP contribution < -0.4 is 10.6 Å². The molecule has 0 aliphatic carbocycles. The zero-order valence-corrected chi connectivity index (χ0v) is 17.5. The number of hydrogen-bond acceptors (Lipinski definition) is 3. The largest absolute Gasteiger partial charge is 0.377 e. The Morgan fingerprint density at radius 3 is 2.73 bits per heavy atom. The van der Waals surface area contributed by atoms with Crippen LogP contribution in [0.25, 0.3) is 0 Å². The van der Waals surface area contributed by atoms with Crippen LogP contribution in [0.3, 0.4) is 0 Å². The number of piperidine rings is 1. The third-order valence-corrected chi connectivity index (χ3v) is 4.97. The fraction of sp³-hybridized carbons (Fsp3) is 0.632. The van der Waals surface area contributed by atoms with Gasteiger partial charge in [-0.3, -0.25) is 4.99 Å². The highest BCUT2D eigenvalue weighted by Crippen LogP contribution is 2.15. The van der Waals surface area contributed by atoms with E-state index in [0.29, 0.717) is 30.2 Å². The number of hydrogen-bond donors (Lipinski definition) is 2. The Morgan fingerprint density at radius 2 is 2.12 bits per heavy atom. The van der Waals surface area contributed by atoms with Crippen molar-refractivity contribution in [3.05, 3.63) is 34.1 Å². The molecule has 2 N–H and O–H groups in total.